The van der Waals surface area contributed by atoms with Crippen molar-refractivity contribution < 1.29 is 4.79 Å². The van der Waals surface area contributed by atoms with Gasteiger partial charge in [0.05, 0.1) is 6.04 Å². The number of nitrogens with one attached hydrogen (secondary N) is 3. The first-order valence-corrected chi connectivity index (χ1v) is 8.70. The number of aryl methyl sites for hydroxylation is 1. The van der Waals surface area contributed by atoms with Crippen LogP contribution < -0.4 is 10.6 Å². The van der Waals surface area contributed by atoms with Gasteiger partial charge in [0.2, 0.25) is 0 Å². The Balaban J connectivity index is 1.86. The molecule has 134 valence electrons. The third kappa shape index (κ3) is 3.30. The van der Waals surface area contributed by atoms with E-state index in [1.807, 2.05) is 68.1 Å². The van der Waals surface area contributed by atoms with Crippen LogP contribution >= 0.6 is 11.6 Å². The summed E-state index contributed by atoms with van der Waals surface area (Å²) < 4.78 is 1.84. The Labute approximate surface area is 157 Å². The summed E-state index contributed by atoms with van der Waals surface area (Å²) in [6, 6.07) is 13.0. The van der Waals surface area contributed by atoms with Crippen molar-refractivity contribution in [2.45, 2.75) is 13.0 Å². The smallest absolute Gasteiger partial charge is 0.268 e. The highest BCUT2D eigenvalue weighted by Crippen LogP contribution is 2.24. The van der Waals surface area contributed by atoms with E-state index in [0.717, 1.165) is 27.7 Å². The summed E-state index contributed by atoms with van der Waals surface area (Å²) in [6.07, 6.45) is 1.30. The van der Waals surface area contributed by atoms with Crippen LogP contribution in [0.5, 0.6) is 0 Å². The number of anilines is 1. The van der Waals surface area contributed by atoms with Crippen molar-refractivity contribution in [2.75, 3.05) is 12.4 Å². The number of halogens is 1. The third-order valence-corrected chi connectivity index (χ3v) is 4.82. The molecule has 0 bridgehead atoms. The lowest BCUT2D eigenvalue weighted by Crippen LogP contribution is -2.28. The van der Waals surface area contributed by atoms with Crippen LogP contribution in [0, 0.1) is 5.41 Å². The van der Waals surface area contributed by atoms with E-state index in [1.165, 1.54) is 6.21 Å². The molecule has 3 aromatic rings. The summed E-state index contributed by atoms with van der Waals surface area (Å²) >= 11 is 6.06. The summed E-state index contributed by atoms with van der Waals surface area (Å²) in [7, 11) is 3.67. The number of carbonyl (C=O) groups excluding carboxylic acids is 1. The molecule has 1 unspecified atom stereocenters. The molecule has 0 saturated heterocycles. The highest BCUT2D eigenvalue weighted by Gasteiger charge is 2.17. The Bertz CT molecular complexity index is 993. The van der Waals surface area contributed by atoms with E-state index in [2.05, 4.69) is 10.6 Å². The molecule has 0 saturated carbocycles. The first-order valence-electron chi connectivity index (χ1n) is 8.32. The van der Waals surface area contributed by atoms with Crippen LogP contribution in [0.1, 0.15) is 34.6 Å². The van der Waals surface area contributed by atoms with Crippen molar-refractivity contribution >= 4 is 40.3 Å². The van der Waals surface area contributed by atoms with Crippen molar-refractivity contribution in [1.82, 2.24) is 9.88 Å². The number of hydrogen-bond acceptors (Lipinski definition) is 3. The topological polar surface area (TPSA) is 69.9 Å². The molecule has 26 heavy (non-hydrogen) atoms. The number of rotatable bonds is 5. The van der Waals surface area contributed by atoms with Crippen LogP contribution in [0.2, 0.25) is 5.02 Å². The molecular weight excluding hydrogens is 348 g/mol. The quantitative estimate of drug-likeness (QED) is 0.585. The molecule has 1 atom stereocenters. The number of amides is 1. The van der Waals surface area contributed by atoms with Gasteiger partial charge in [-0.25, -0.2) is 0 Å². The lowest BCUT2D eigenvalue weighted by Gasteiger charge is -2.16. The molecule has 0 aliphatic carbocycles. The average Bonchev–Trinajstić information content (AvgIpc) is 2.97. The maximum absolute atomic E-state index is 12.8. The minimum absolute atomic E-state index is 0.151. The fraction of sp³-hybridized carbons (Fsp3) is 0.200. The molecule has 1 amide bonds. The molecule has 0 aliphatic heterocycles. The molecular formula is C20H21ClN4O. The van der Waals surface area contributed by atoms with E-state index in [-0.39, 0.29) is 11.9 Å². The van der Waals surface area contributed by atoms with Gasteiger partial charge in [-0.05, 0) is 42.8 Å². The van der Waals surface area contributed by atoms with E-state index in [9.17, 15) is 4.79 Å². The van der Waals surface area contributed by atoms with Gasteiger partial charge in [0.1, 0.15) is 5.69 Å². The van der Waals surface area contributed by atoms with Crippen molar-refractivity contribution in [2.24, 2.45) is 7.05 Å². The van der Waals surface area contributed by atoms with Gasteiger partial charge in [-0.15, -0.1) is 0 Å². The Kier molecular flexibility index (Phi) is 5.00. The van der Waals surface area contributed by atoms with Crippen LogP contribution in [0.25, 0.3) is 10.9 Å². The van der Waals surface area contributed by atoms with Gasteiger partial charge in [-0.3, -0.25) is 4.79 Å². The fourth-order valence-corrected chi connectivity index (χ4v) is 3.24. The number of carbonyl (C=O) groups is 1. The number of fused-ring (bicyclic) bond motifs is 1. The molecule has 2 aromatic carbocycles. The monoisotopic (exact) mass is 368 g/mol. The molecule has 1 aromatic heterocycles. The first kappa shape index (κ1) is 18.0. The van der Waals surface area contributed by atoms with E-state index in [0.29, 0.717) is 10.7 Å². The molecule has 3 rings (SSSR count). The second-order valence-electron chi connectivity index (χ2n) is 6.23. The third-order valence-electron chi connectivity index (χ3n) is 4.59. The summed E-state index contributed by atoms with van der Waals surface area (Å²) in [5.41, 5.74) is 4.10. The predicted molar refractivity (Wildman–Crippen MR) is 108 cm³/mol. The molecule has 0 radical (unpaired) electrons. The SMILES string of the molecule is CNc1ccc(C(C)NC(=O)c2cc3ccc(Cl)cc3n2C)cc1C=N. The van der Waals surface area contributed by atoms with Crippen LogP contribution in [-0.4, -0.2) is 23.7 Å². The van der Waals surface area contributed by atoms with Gasteiger partial charge in [0.25, 0.3) is 5.91 Å². The average molecular weight is 369 g/mol. The maximum Gasteiger partial charge on any atom is 0.268 e. The largest absolute Gasteiger partial charge is 0.388 e. The van der Waals surface area contributed by atoms with Crippen LogP contribution in [0.3, 0.4) is 0 Å². The second-order valence-corrected chi connectivity index (χ2v) is 6.66. The Morgan fingerprint density at radius 1 is 1.23 bits per heavy atom. The normalized spacial score (nSPS) is 12.0. The number of benzene rings is 2. The van der Waals surface area contributed by atoms with E-state index < -0.39 is 0 Å². The van der Waals surface area contributed by atoms with Crippen LogP contribution in [-0.2, 0) is 7.05 Å². The molecule has 0 aliphatic rings. The molecule has 6 heteroatoms. The van der Waals surface area contributed by atoms with Gasteiger partial charge in [0, 0.05) is 47.5 Å². The number of nitrogens with zero attached hydrogens (tertiary/aromatic N) is 1. The summed E-state index contributed by atoms with van der Waals surface area (Å²) in [5.74, 6) is -0.151. The molecule has 1 heterocycles. The molecule has 0 spiro atoms. The standard InChI is InChI=1S/C20H21ClN4O/c1-12(13-5-7-17(23-2)15(8-13)11-22)24-20(26)19-9-14-4-6-16(21)10-18(14)25(19)3/h4-12,22-23H,1-3H3,(H,24,26). The highest BCUT2D eigenvalue weighted by molar-refractivity contribution is 6.31. The van der Waals surface area contributed by atoms with Gasteiger partial charge in [-0.1, -0.05) is 23.7 Å². The maximum atomic E-state index is 12.8. The first-order chi connectivity index (χ1) is 12.4. The van der Waals surface area contributed by atoms with Crippen molar-refractivity contribution in [3.05, 3.63) is 64.3 Å². The van der Waals surface area contributed by atoms with Gasteiger partial charge in [-0.2, -0.15) is 0 Å². The van der Waals surface area contributed by atoms with Gasteiger partial charge < -0.3 is 20.6 Å². The van der Waals surface area contributed by atoms with E-state index in [4.69, 9.17) is 17.0 Å². The minimum atomic E-state index is -0.186. The van der Waals surface area contributed by atoms with E-state index in [1.54, 1.807) is 0 Å². The minimum Gasteiger partial charge on any atom is -0.388 e. The zero-order valence-electron chi connectivity index (χ0n) is 14.9. The Morgan fingerprint density at radius 3 is 2.69 bits per heavy atom. The Morgan fingerprint density at radius 2 is 2.00 bits per heavy atom. The van der Waals surface area contributed by atoms with Crippen LogP contribution in [0.15, 0.2) is 42.5 Å². The van der Waals surface area contributed by atoms with Crippen molar-refractivity contribution in [3.8, 4) is 0 Å². The van der Waals surface area contributed by atoms with Gasteiger partial charge >= 0.3 is 0 Å². The fourth-order valence-electron chi connectivity index (χ4n) is 3.07. The summed E-state index contributed by atoms with van der Waals surface area (Å²) in [5, 5.41) is 15.2. The second kappa shape index (κ2) is 7.22. The van der Waals surface area contributed by atoms with Crippen LogP contribution in [0.4, 0.5) is 5.69 Å². The number of aromatic nitrogens is 1. The summed E-state index contributed by atoms with van der Waals surface area (Å²) in [4.78, 5) is 12.8. The van der Waals surface area contributed by atoms with Crippen molar-refractivity contribution in [3.63, 3.8) is 0 Å². The lowest BCUT2D eigenvalue weighted by molar-refractivity contribution is 0.0932. The molecule has 0 fully saturated rings. The highest BCUT2D eigenvalue weighted by atomic mass is 35.5. The molecule has 5 nitrogen and oxygen atoms in total. The lowest BCUT2D eigenvalue weighted by atomic mass is 10.0. The van der Waals surface area contributed by atoms with Gasteiger partial charge in [0.15, 0.2) is 0 Å². The van der Waals surface area contributed by atoms with E-state index >= 15 is 0 Å². The summed E-state index contributed by atoms with van der Waals surface area (Å²) in [6.45, 7) is 1.93. The zero-order chi connectivity index (χ0) is 18.8. The molecule has 3 N–H and O–H groups in total. The zero-order valence-corrected chi connectivity index (χ0v) is 15.7. The Hall–Kier alpha value is -2.79. The number of hydrogen-bond donors (Lipinski definition) is 3. The predicted octanol–water partition coefficient (Wildman–Crippen LogP) is 4.36. The van der Waals surface area contributed by atoms with Crippen molar-refractivity contribution in [1.29, 1.82) is 5.41 Å².